The van der Waals surface area contributed by atoms with Crippen LogP contribution in [0.25, 0.3) is 11.1 Å². The van der Waals surface area contributed by atoms with Crippen LogP contribution in [0.2, 0.25) is 0 Å². The molecule has 10 N–H and O–H groups in total. The third-order valence-corrected chi connectivity index (χ3v) is 8.91. The number of aromatic nitrogens is 2. The summed E-state index contributed by atoms with van der Waals surface area (Å²) >= 11 is 0.963. The van der Waals surface area contributed by atoms with Gasteiger partial charge in [-0.3, -0.25) is 14.1 Å². The molecule has 1 saturated heterocycles. The number of benzene rings is 1. The number of nitrogens with one attached hydrogen (secondary N) is 2. The maximum Gasteiger partial charge on any atom is 0.399 e. The number of nitrogen functional groups attached to an aromatic ring is 1. The minimum atomic E-state index is -4.84. The van der Waals surface area contributed by atoms with Crippen LogP contribution in [0.15, 0.2) is 53.1 Å². The number of anilines is 2. The number of nitrogens with zero attached hydrogens (tertiary/aromatic N) is 4. The standard InChI is InChI=1S/C30H37N9O11S2/c1-30(2)24(27(42)39(30)15-49-52(45,46)47)36-26(41)23(20-14-51-29(33)34-20)37-50-21(28(43)44)13-48-18-7-4-16(5-8-18)17-6-9-22(38(3)12-17)35-25(40)19(32)10-11-31/h4-9,12,14,19,21,24H,10-11,13,15,31-32H2,1-3H3,(H5,33,34,36,41,43,44,45,46,47)/p+1/b37-23-/t19-,21-,24+/m0/s1. The molecule has 3 aromatic rings. The maximum atomic E-state index is 13.3. The number of rotatable bonds is 17. The second kappa shape index (κ2) is 16.4. The van der Waals surface area contributed by atoms with Gasteiger partial charge in [0.25, 0.3) is 17.8 Å². The second-order valence-corrected chi connectivity index (χ2v) is 13.8. The molecule has 1 aliphatic rings. The highest BCUT2D eigenvalue weighted by Crippen LogP contribution is 2.32. The number of carbonyl (C=O) groups excluding carboxylic acids is 3. The first kappa shape index (κ1) is 39.5. The Morgan fingerprint density at radius 1 is 1.17 bits per heavy atom. The van der Waals surface area contributed by atoms with Crippen molar-refractivity contribution in [2.45, 2.75) is 44.0 Å². The number of carboxylic acids is 1. The predicted octanol–water partition coefficient (Wildman–Crippen LogP) is -1.03. The molecule has 1 aromatic carbocycles. The van der Waals surface area contributed by atoms with Gasteiger partial charge in [-0.1, -0.05) is 17.3 Å². The maximum absolute atomic E-state index is 13.3. The minimum Gasteiger partial charge on any atom is -0.489 e. The van der Waals surface area contributed by atoms with Gasteiger partial charge in [-0.05, 0) is 50.6 Å². The van der Waals surface area contributed by atoms with Crippen molar-refractivity contribution in [1.29, 1.82) is 0 Å². The number of hydrogen-bond acceptors (Lipinski definition) is 15. The second-order valence-electron chi connectivity index (χ2n) is 11.9. The van der Waals surface area contributed by atoms with Crippen LogP contribution < -0.4 is 37.1 Å². The number of aliphatic carboxylic acids is 1. The van der Waals surface area contributed by atoms with Gasteiger partial charge in [0.05, 0.1) is 18.8 Å². The van der Waals surface area contributed by atoms with Gasteiger partial charge in [0, 0.05) is 17.0 Å². The van der Waals surface area contributed by atoms with E-state index < -0.39 is 71.0 Å². The number of thiazole rings is 1. The molecule has 0 radical (unpaired) electrons. The molecule has 0 spiro atoms. The molecule has 52 heavy (non-hydrogen) atoms. The zero-order valence-corrected chi connectivity index (χ0v) is 29.7. The quantitative estimate of drug-likeness (QED) is 0.0284. The summed E-state index contributed by atoms with van der Waals surface area (Å²) in [7, 11) is -3.08. The molecule has 0 aliphatic carbocycles. The van der Waals surface area contributed by atoms with Crippen molar-refractivity contribution in [2.24, 2.45) is 23.7 Å². The lowest BCUT2D eigenvalue weighted by atomic mass is 9.82. The molecule has 1 fully saturated rings. The smallest absolute Gasteiger partial charge is 0.399 e. The first-order valence-electron chi connectivity index (χ1n) is 15.3. The Balaban J connectivity index is 1.41. The summed E-state index contributed by atoms with van der Waals surface area (Å²) in [5.74, 6) is -2.71. The minimum absolute atomic E-state index is 0.0604. The Morgan fingerprint density at radius 3 is 2.40 bits per heavy atom. The summed E-state index contributed by atoms with van der Waals surface area (Å²) in [6.45, 7) is 1.97. The Bertz CT molecular complexity index is 1950. The number of amides is 3. The summed E-state index contributed by atoms with van der Waals surface area (Å²) in [4.78, 5) is 60.5. The number of carboxylic acid groups (broad SMARTS) is 1. The molecule has 3 amide bonds. The average Bonchev–Trinajstić information content (AvgIpc) is 3.50. The average molecular weight is 765 g/mol. The highest BCUT2D eigenvalue weighted by molar-refractivity contribution is 7.80. The van der Waals surface area contributed by atoms with Crippen LogP contribution in [0.1, 0.15) is 26.0 Å². The number of pyridine rings is 1. The van der Waals surface area contributed by atoms with Gasteiger partial charge in [-0.15, -0.1) is 11.3 Å². The van der Waals surface area contributed by atoms with Crippen LogP contribution in [0.5, 0.6) is 5.75 Å². The molecule has 0 saturated carbocycles. The molecule has 2 aromatic heterocycles. The number of carbonyl (C=O) groups is 4. The van der Waals surface area contributed by atoms with Crippen molar-refractivity contribution < 1.29 is 55.6 Å². The van der Waals surface area contributed by atoms with E-state index in [1.807, 2.05) is 0 Å². The topological polar surface area (TPSA) is 305 Å². The third kappa shape index (κ3) is 9.74. The first-order chi connectivity index (χ1) is 24.4. The van der Waals surface area contributed by atoms with Crippen molar-refractivity contribution >= 4 is 62.1 Å². The first-order valence-corrected chi connectivity index (χ1v) is 17.6. The largest absolute Gasteiger partial charge is 0.489 e. The fourth-order valence-electron chi connectivity index (χ4n) is 4.84. The van der Waals surface area contributed by atoms with E-state index in [9.17, 15) is 32.7 Å². The summed E-state index contributed by atoms with van der Waals surface area (Å²) in [5, 5.41) is 20.2. The number of likely N-dealkylation sites (tertiary alicyclic amines) is 1. The highest BCUT2D eigenvalue weighted by atomic mass is 32.3. The molecular weight excluding hydrogens is 727 g/mol. The van der Waals surface area contributed by atoms with Gasteiger partial charge >= 0.3 is 22.3 Å². The lowest BCUT2D eigenvalue weighted by Gasteiger charge is -2.53. The van der Waals surface area contributed by atoms with Gasteiger partial charge in [0.15, 0.2) is 10.8 Å². The molecule has 3 heterocycles. The fraction of sp³-hybridized carbons (Fsp3) is 0.367. The number of β-lactam (4-membered cyclic amide) rings is 1. The number of aryl methyl sites for hydroxylation is 1. The molecule has 0 unspecified atom stereocenters. The molecular formula is C30H38N9O11S2+. The Labute approximate surface area is 301 Å². The molecule has 4 rings (SSSR count). The zero-order valence-electron chi connectivity index (χ0n) is 28.1. The lowest BCUT2D eigenvalue weighted by molar-refractivity contribution is -0.656. The number of oxime groups is 1. The molecule has 22 heteroatoms. The van der Waals surface area contributed by atoms with Gasteiger partial charge < -0.3 is 42.1 Å². The molecule has 3 atom stereocenters. The lowest BCUT2D eigenvalue weighted by Crippen LogP contribution is -2.77. The summed E-state index contributed by atoms with van der Waals surface area (Å²) < 4.78 is 42.4. The molecule has 1 aliphatic heterocycles. The normalized spacial score (nSPS) is 16.7. The van der Waals surface area contributed by atoms with Crippen molar-refractivity contribution in [1.82, 2.24) is 15.2 Å². The van der Waals surface area contributed by atoms with E-state index in [0.717, 1.165) is 27.4 Å². The Hall–Kier alpha value is -5.26. The number of nitrogens with two attached hydrogens (primary N) is 3. The predicted molar refractivity (Wildman–Crippen MR) is 185 cm³/mol. The van der Waals surface area contributed by atoms with Crippen molar-refractivity contribution in [2.75, 3.05) is 30.9 Å². The monoisotopic (exact) mass is 764 g/mol. The van der Waals surface area contributed by atoms with Crippen LogP contribution in [0.3, 0.4) is 0 Å². The molecule has 20 nitrogen and oxygen atoms in total. The van der Waals surface area contributed by atoms with E-state index in [0.29, 0.717) is 18.0 Å². The number of hydrogen-bond donors (Lipinski definition) is 7. The van der Waals surface area contributed by atoms with Gasteiger partial charge in [-0.2, -0.15) is 8.42 Å². The van der Waals surface area contributed by atoms with E-state index in [1.165, 1.54) is 19.2 Å². The molecule has 0 bridgehead atoms. The van der Waals surface area contributed by atoms with Crippen LogP contribution in [-0.4, -0.2) is 101 Å². The van der Waals surface area contributed by atoms with E-state index in [1.54, 1.807) is 54.2 Å². The summed E-state index contributed by atoms with van der Waals surface area (Å²) in [6, 6.07) is 8.29. The number of ether oxygens (including phenoxy) is 1. The van der Waals surface area contributed by atoms with Gasteiger partial charge in [0.1, 0.15) is 36.9 Å². The molecule has 280 valence electrons. The van der Waals surface area contributed by atoms with Crippen molar-refractivity contribution in [3.05, 3.63) is 53.7 Å². The highest BCUT2D eigenvalue weighted by Gasteiger charge is 2.55. The van der Waals surface area contributed by atoms with Crippen LogP contribution in [0, 0.1) is 0 Å². The fourth-order valence-corrected chi connectivity index (χ4v) is 5.62. The van der Waals surface area contributed by atoms with E-state index >= 15 is 0 Å². The van der Waals surface area contributed by atoms with Crippen LogP contribution >= 0.6 is 11.3 Å². The van der Waals surface area contributed by atoms with Crippen LogP contribution in [0.4, 0.5) is 10.9 Å². The summed E-state index contributed by atoms with van der Waals surface area (Å²) in [5.41, 5.74) is 16.9. The van der Waals surface area contributed by atoms with Crippen LogP contribution in [-0.2, 0) is 45.6 Å². The zero-order chi connectivity index (χ0) is 38.4. The van der Waals surface area contributed by atoms with Crippen molar-refractivity contribution in [3.8, 4) is 16.9 Å². The van der Waals surface area contributed by atoms with Gasteiger partial charge in [-0.25, -0.2) is 28.6 Å². The third-order valence-electron chi connectivity index (χ3n) is 7.84. The van der Waals surface area contributed by atoms with Crippen molar-refractivity contribution in [3.63, 3.8) is 0 Å². The SMILES string of the molecule is C[n+]1cc(-c2ccc(OC[C@H](O/N=C(\C(=O)N[C@@H]3C(=O)N(COS(=O)(=O)O)C3(C)C)c3csc(N)n3)C(=O)O)cc2)ccc1NC(=O)[C@@H](N)CCN. The van der Waals surface area contributed by atoms with E-state index in [-0.39, 0.29) is 23.3 Å². The Morgan fingerprint density at radius 2 is 1.85 bits per heavy atom. The van der Waals surface area contributed by atoms with Gasteiger partial charge in [0.2, 0.25) is 5.91 Å². The van der Waals surface area contributed by atoms with E-state index in [2.05, 4.69) is 25.0 Å². The van der Waals surface area contributed by atoms with E-state index in [4.69, 9.17) is 31.3 Å². The Kier molecular flexibility index (Phi) is 12.5. The summed E-state index contributed by atoms with van der Waals surface area (Å²) in [6.07, 6.45) is 0.444.